The Morgan fingerprint density at radius 1 is 0.947 bits per heavy atom. The second-order valence-corrected chi connectivity index (χ2v) is 8.68. The first kappa shape index (κ1) is 13.9. The Balaban J connectivity index is 2.06. The van der Waals surface area contributed by atoms with Crippen LogP contribution >= 0.6 is 0 Å². The summed E-state index contributed by atoms with van der Waals surface area (Å²) in [7, 11) is 0. The molecule has 0 radical (unpaired) electrons. The monoisotopic (exact) mass is 266 g/mol. The molecule has 0 aromatic carbocycles. The number of fused-ring (bicyclic) bond motifs is 2. The van der Waals surface area contributed by atoms with Crippen LogP contribution in [-0.2, 0) is 9.47 Å². The zero-order valence-corrected chi connectivity index (χ0v) is 13.7. The summed E-state index contributed by atoms with van der Waals surface area (Å²) in [6, 6.07) is 0. The van der Waals surface area contributed by atoms with Crippen LogP contribution in [0.2, 0.25) is 0 Å². The maximum absolute atomic E-state index is 6.42. The molecule has 3 fully saturated rings. The fraction of sp³-hybridized carbons (Fsp3) is 1.00. The minimum absolute atomic E-state index is 0.148. The SMILES string of the molecule is C[C@@H]1CC[C@H]2C(C)(C)[C@]3(C)OC(C)(C)O[C@@H]3C[C@]12C. The van der Waals surface area contributed by atoms with Gasteiger partial charge in [-0.2, -0.15) is 0 Å². The van der Waals surface area contributed by atoms with Gasteiger partial charge in [0.1, 0.15) is 5.60 Å². The highest BCUT2D eigenvalue weighted by Gasteiger charge is 2.69. The van der Waals surface area contributed by atoms with Crippen molar-refractivity contribution in [2.24, 2.45) is 22.7 Å². The van der Waals surface area contributed by atoms with Gasteiger partial charge in [-0.1, -0.05) is 27.7 Å². The smallest absolute Gasteiger partial charge is 0.164 e. The minimum atomic E-state index is -0.436. The lowest BCUT2D eigenvalue weighted by Gasteiger charge is -2.58. The second-order valence-electron chi connectivity index (χ2n) is 8.68. The first-order valence-electron chi connectivity index (χ1n) is 7.91. The van der Waals surface area contributed by atoms with Gasteiger partial charge in [-0.15, -0.1) is 0 Å². The average molecular weight is 266 g/mol. The number of rotatable bonds is 0. The molecular weight excluding hydrogens is 236 g/mol. The van der Waals surface area contributed by atoms with Gasteiger partial charge in [-0.05, 0) is 62.7 Å². The fourth-order valence-electron chi connectivity index (χ4n) is 5.53. The van der Waals surface area contributed by atoms with Gasteiger partial charge in [0.2, 0.25) is 0 Å². The number of hydrogen-bond donors (Lipinski definition) is 0. The van der Waals surface area contributed by atoms with E-state index in [2.05, 4.69) is 48.5 Å². The predicted molar refractivity (Wildman–Crippen MR) is 76.8 cm³/mol. The Hall–Kier alpha value is -0.0800. The molecule has 2 aliphatic carbocycles. The molecule has 0 unspecified atom stereocenters. The van der Waals surface area contributed by atoms with Crippen molar-refractivity contribution in [2.75, 3.05) is 0 Å². The lowest BCUT2D eigenvalue weighted by Crippen LogP contribution is -2.61. The Morgan fingerprint density at radius 3 is 2.21 bits per heavy atom. The largest absolute Gasteiger partial charge is 0.344 e. The molecule has 19 heavy (non-hydrogen) atoms. The zero-order valence-electron chi connectivity index (χ0n) is 13.7. The van der Waals surface area contributed by atoms with E-state index in [1.807, 2.05) is 0 Å². The van der Waals surface area contributed by atoms with Crippen molar-refractivity contribution >= 4 is 0 Å². The summed E-state index contributed by atoms with van der Waals surface area (Å²) >= 11 is 0. The van der Waals surface area contributed by atoms with Gasteiger partial charge in [0, 0.05) is 0 Å². The lowest BCUT2D eigenvalue weighted by molar-refractivity contribution is -0.200. The molecule has 1 aliphatic heterocycles. The molecule has 2 saturated carbocycles. The summed E-state index contributed by atoms with van der Waals surface area (Å²) in [5.41, 5.74) is 0.436. The van der Waals surface area contributed by atoms with E-state index in [-0.39, 0.29) is 17.1 Å². The molecule has 0 aromatic heterocycles. The maximum atomic E-state index is 6.42. The Labute approximate surface area is 118 Å². The molecule has 1 heterocycles. The molecule has 2 nitrogen and oxygen atoms in total. The van der Waals surface area contributed by atoms with E-state index in [1.165, 1.54) is 12.8 Å². The highest BCUT2D eigenvalue weighted by molar-refractivity contribution is 5.16. The highest BCUT2D eigenvalue weighted by Crippen LogP contribution is 2.67. The zero-order chi connectivity index (χ0) is 14.3. The summed E-state index contributed by atoms with van der Waals surface area (Å²) in [6.07, 6.45) is 4.09. The van der Waals surface area contributed by atoms with E-state index in [0.29, 0.717) is 5.41 Å². The standard InChI is InChI=1S/C17H30O2/c1-11-8-9-12-14(2,3)17(7)13(10-16(11,12)6)18-15(4,5)19-17/h11-13H,8-10H2,1-7H3/t11-,12+,13-,16-,17-/m1/s1. The van der Waals surface area contributed by atoms with Crippen LogP contribution in [0.15, 0.2) is 0 Å². The molecular formula is C17H30O2. The number of hydrogen-bond acceptors (Lipinski definition) is 2. The highest BCUT2D eigenvalue weighted by atomic mass is 16.8. The van der Waals surface area contributed by atoms with Gasteiger partial charge in [-0.25, -0.2) is 0 Å². The maximum Gasteiger partial charge on any atom is 0.164 e. The van der Waals surface area contributed by atoms with Crippen molar-refractivity contribution < 1.29 is 9.47 Å². The molecule has 0 amide bonds. The van der Waals surface area contributed by atoms with Gasteiger partial charge < -0.3 is 9.47 Å². The van der Waals surface area contributed by atoms with Crippen LogP contribution in [0.1, 0.15) is 67.7 Å². The number of ether oxygens (including phenoxy) is 2. The van der Waals surface area contributed by atoms with Crippen LogP contribution in [0.3, 0.4) is 0 Å². The topological polar surface area (TPSA) is 18.5 Å². The third kappa shape index (κ3) is 1.56. The van der Waals surface area contributed by atoms with Crippen molar-refractivity contribution in [3.63, 3.8) is 0 Å². The normalized spacial score (nSPS) is 54.8. The van der Waals surface area contributed by atoms with Gasteiger partial charge in [0.05, 0.1) is 6.10 Å². The van der Waals surface area contributed by atoms with Crippen molar-refractivity contribution in [3.8, 4) is 0 Å². The third-order valence-corrected chi connectivity index (χ3v) is 7.08. The van der Waals surface area contributed by atoms with Gasteiger partial charge >= 0.3 is 0 Å². The molecule has 110 valence electrons. The summed E-state index contributed by atoms with van der Waals surface area (Å²) < 4.78 is 12.7. The van der Waals surface area contributed by atoms with Crippen LogP contribution in [0.4, 0.5) is 0 Å². The van der Waals surface area contributed by atoms with Crippen molar-refractivity contribution in [1.29, 1.82) is 0 Å². The predicted octanol–water partition coefficient (Wildman–Crippen LogP) is 4.38. The molecule has 0 bridgehead atoms. The van der Waals surface area contributed by atoms with E-state index < -0.39 is 5.79 Å². The summed E-state index contributed by atoms with van der Waals surface area (Å²) in [4.78, 5) is 0. The molecule has 0 N–H and O–H groups in total. The summed E-state index contributed by atoms with van der Waals surface area (Å²) in [5.74, 6) is 1.11. The van der Waals surface area contributed by atoms with E-state index in [1.54, 1.807) is 0 Å². The molecule has 0 aromatic rings. The molecule has 0 spiro atoms. The Morgan fingerprint density at radius 2 is 1.58 bits per heavy atom. The Bertz CT molecular complexity index is 400. The minimum Gasteiger partial charge on any atom is -0.344 e. The van der Waals surface area contributed by atoms with E-state index in [0.717, 1.165) is 18.3 Å². The second kappa shape index (κ2) is 3.57. The van der Waals surface area contributed by atoms with E-state index in [4.69, 9.17) is 9.47 Å². The van der Waals surface area contributed by atoms with Crippen LogP contribution in [0, 0.1) is 22.7 Å². The van der Waals surface area contributed by atoms with Gasteiger partial charge in [0.15, 0.2) is 5.79 Å². The van der Waals surface area contributed by atoms with E-state index >= 15 is 0 Å². The third-order valence-electron chi connectivity index (χ3n) is 7.08. The lowest BCUT2D eigenvalue weighted by atomic mass is 9.50. The van der Waals surface area contributed by atoms with Crippen LogP contribution in [0.5, 0.6) is 0 Å². The molecule has 3 rings (SSSR count). The van der Waals surface area contributed by atoms with Gasteiger partial charge in [0.25, 0.3) is 0 Å². The average Bonchev–Trinajstić information content (AvgIpc) is 2.64. The Kier molecular flexibility index (Phi) is 2.61. The summed E-state index contributed by atoms with van der Waals surface area (Å²) in [6.45, 7) is 16.2. The quantitative estimate of drug-likeness (QED) is 0.648. The van der Waals surface area contributed by atoms with Crippen LogP contribution in [-0.4, -0.2) is 17.5 Å². The van der Waals surface area contributed by atoms with Crippen LogP contribution in [0.25, 0.3) is 0 Å². The van der Waals surface area contributed by atoms with E-state index in [9.17, 15) is 0 Å². The first-order valence-corrected chi connectivity index (χ1v) is 7.91. The van der Waals surface area contributed by atoms with Crippen molar-refractivity contribution in [1.82, 2.24) is 0 Å². The molecule has 2 heteroatoms. The van der Waals surface area contributed by atoms with Crippen molar-refractivity contribution in [3.05, 3.63) is 0 Å². The molecule has 5 atom stereocenters. The fourth-order valence-corrected chi connectivity index (χ4v) is 5.53. The van der Waals surface area contributed by atoms with Crippen LogP contribution < -0.4 is 0 Å². The first-order chi connectivity index (χ1) is 8.53. The van der Waals surface area contributed by atoms with Crippen molar-refractivity contribution in [2.45, 2.75) is 85.2 Å². The van der Waals surface area contributed by atoms with Gasteiger partial charge in [-0.3, -0.25) is 0 Å². The molecule has 3 aliphatic rings. The summed E-state index contributed by atoms with van der Waals surface area (Å²) in [5, 5.41) is 0. The molecule has 1 saturated heterocycles.